The van der Waals surface area contributed by atoms with Crippen LogP contribution in [-0.4, -0.2) is 37.9 Å². The summed E-state index contributed by atoms with van der Waals surface area (Å²) < 4.78 is 16.6. The Hall–Kier alpha value is -1.97. The van der Waals surface area contributed by atoms with Crippen molar-refractivity contribution in [3.05, 3.63) is 35.2 Å². The van der Waals surface area contributed by atoms with Gasteiger partial charge >= 0.3 is 0 Å². The molecule has 0 aliphatic carbocycles. The summed E-state index contributed by atoms with van der Waals surface area (Å²) >= 11 is 0. The van der Waals surface area contributed by atoms with Crippen molar-refractivity contribution in [1.29, 1.82) is 0 Å². The van der Waals surface area contributed by atoms with Crippen LogP contribution >= 0.6 is 24.0 Å². The fraction of sp³-hybridized carbons (Fsp3) is 0.444. The Bertz CT molecular complexity index is 741. The second-order valence-electron chi connectivity index (χ2n) is 5.89. The van der Waals surface area contributed by atoms with Crippen molar-refractivity contribution >= 4 is 35.6 Å². The molecule has 2 N–H and O–H groups in total. The van der Waals surface area contributed by atoms with E-state index in [4.69, 9.17) is 14.0 Å². The number of nitrogens with zero attached hydrogens (tertiary/aromatic N) is 2. The van der Waals surface area contributed by atoms with E-state index in [1.807, 2.05) is 32.0 Å². The van der Waals surface area contributed by atoms with E-state index in [2.05, 4.69) is 20.8 Å². The molecular weight excluding hydrogens is 447 g/mol. The molecule has 0 saturated heterocycles. The SMILES string of the molecule is CN=C(NCCc1c(C)noc1C)Nc1ccc2c(c1)OCCCO2.I. The minimum Gasteiger partial charge on any atom is -0.490 e. The van der Waals surface area contributed by atoms with Crippen molar-refractivity contribution in [1.82, 2.24) is 10.5 Å². The number of ether oxygens (including phenoxy) is 2. The first-order valence-electron chi connectivity index (χ1n) is 8.46. The second kappa shape index (κ2) is 9.65. The van der Waals surface area contributed by atoms with Gasteiger partial charge in [-0.25, -0.2) is 0 Å². The highest BCUT2D eigenvalue weighted by atomic mass is 127. The fourth-order valence-electron chi connectivity index (χ4n) is 2.72. The molecule has 0 unspecified atom stereocenters. The molecule has 1 aromatic carbocycles. The molecule has 0 bridgehead atoms. The molecule has 3 rings (SSSR count). The first-order valence-corrected chi connectivity index (χ1v) is 8.46. The lowest BCUT2D eigenvalue weighted by molar-refractivity contribution is 0.297. The Labute approximate surface area is 170 Å². The monoisotopic (exact) mass is 472 g/mol. The molecule has 0 spiro atoms. The van der Waals surface area contributed by atoms with Gasteiger partial charge in [-0.05, 0) is 32.4 Å². The van der Waals surface area contributed by atoms with E-state index in [0.29, 0.717) is 19.2 Å². The molecule has 7 nitrogen and oxygen atoms in total. The van der Waals surface area contributed by atoms with Crippen molar-refractivity contribution in [2.45, 2.75) is 26.7 Å². The highest BCUT2D eigenvalue weighted by molar-refractivity contribution is 14.0. The summed E-state index contributed by atoms with van der Waals surface area (Å²) in [6.45, 7) is 5.97. The minimum atomic E-state index is 0. The van der Waals surface area contributed by atoms with Gasteiger partial charge in [-0.3, -0.25) is 4.99 Å². The summed E-state index contributed by atoms with van der Waals surface area (Å²) in [4.78, 5) is 4.26. The van der Waals surface area contributed by atoms with Crippen LogP contribution in [0.5, 0.6) is 11.5 Å². The Morgan fingerprint density at radius 3 is 2.65 bits per heavy atom. The summed E-state index contributed by atoms with van der Waals surface area (Å²) in [6.07, 6.45) is 1.71. The molecule has 0 fully saturated rings. The molecular formula is C18H25IN4O3. The lowest BCUT2D eigenvalue weighted by atomic mass is 10.1. The second-order valence-corrected chi connectivity index (χ2v) is 5.89. The topological polar surface area (TPSA) is 80.9 Å². The molecule has 142 valence electrons. The summed E-state index contributed by atoms with van der Waals surface area (Å²) in [5.74, 6) is 3.10. The first kappa shape index (κ1) is 20.3. The Morgan fingerprint density at radius 1 is 1.19 bits per heavy atom. The Kier molecular flexibility index (Phi) is 7.55. The Morgan fingerprint density at radius 2 is 1.96 bits per heavy atom. The van der Waals surface area contributed by atoms with Gasteiger partial charge in [-0.15, -0.1) is 24.0 Å². The summed E-state index contributed by atoms with van der Waals surface area (Å²) in [7, 11) is 1.74. The van der Waals surface area contributed by atoms with E-state index >= 15 is 0 Å². The number of aromatic nitrogens is 1. The largest absolute Gasteiger partial charge is 0.490 e. The van der Waals surface area contributed by atoms with E-state index < -0.39 is 0 Å². The maximum absolute atomic E-state index is 5.72. The molecule has 2 aromatic rings. The number of aryl methyl sites for hydroxylation is 2. The third-order valence-electron chi connectivity index (χ3n) is 4.08. The van der Waals surface area contributed by atoms with Crippen LogP contribution in [0, 0.1) is 13.8 Å². The van der Waals surface area contributed by atoms with Crippen LogP contribution in [0.25, 0.3) is 0 Å². The van der Waals surface area contributed by atoms with Crippen LogP contribution in [0.2, 0.25) is 0 Å². The molecule has 0 atom stereocenters. The van der Waals surface area contributed by atoms with Gasteiger partial charge < -0.3 is 24.6 Å². The number of rotatable bonds is 4. The summed E-state index contributed by atoms with van der Waals surface area (Å²) in [5, 5.41) is 10.5. The van der Waals surface area contributed by atoms with Crippen LogP contribution in [0.3, 0.4) is 0 Å². The summed E-state index contributed by atoms with van der Waals surface area (Å²) in [5.41, 5.74) is 2.97. The van der Waals surface area contributed by atoms with E-state index in [1.165, 1.54) is 0 Å². The molecule has 0 amide bonds. The lowest BCUT2D eigenvalue weighted by Gasteiger charge is -2.14. The van der Waals surface area contributed by atoms with Crippen LogP contribution in [0.4, 0.5) is 5.69 Å². The van der Waals surface area contributed by atoms with E-state index in [1.54, 1.807) is 7.05 Å². The molecule has 1 aliphatic rings. The van der Waals surface area contributed by atoms with Crippen LogP contribution in [0.15, 0.2) is 27.7 Å². The quantitative estimate of drug-likeness (QED) is 0.404. The van der Waals surface area contributed by atoms with Gasteiger partial charge in [0.05, 0.1) is 18.9 Å². The van der Waals surface area contributed by atoms with Gasteiger partial charge in [0.2, 0.25) is 0 Å². The normalized spacial score (nSPS) is 13.6. The average Bonchev–Trinajstić information content (AvgIpc) is 2.81. The third-order valence-corrected chi connectivity index (χ3v) is 4.08. The van der Waals surface area contributed by atoms with Crippen LogP contribution < -0.4 is 20.1 Å². The van der Waals surface area contributed by atoms with Crippen molar-refractivity contribution < 1.29 is 14.0 Å². The molecule has 1 aliphatic heterocycles. The molecule has 8 heteroatoms. The molecule has 0 radical (unpaired) electrons. The maximum Gasteiger partial charge on any atom is 0.195 e. The zero-order chi connectivity index (χ0) is 17.6. The van der Waals surface area contributed by atoms with Crippen LogP contribution in [0.1, 0.15) is 23.4 Å². The van der Waals surface area contributed by atoms with Gasteiger partial charge in [-0.2, -0.15) is 0 Å². The number of guanidine groups is 1. The van der Waals surface area contributed by atoms with E-state index in [-0.39, 0.29) is 24.0 Å². The van der Waals surface area contributed by atoms with Gasteiger partial charge in [0, 0.05) is 37.3 Å². The number of hydrogen-bond donors (Lipinski definition) is 2. The Balaban J connectivity index is 0.00000243. The molecule has 1 aromatic heterocycles. The number of aliphatic imine (C=N–C) groups is 1. The molecule has 26 heavy (non-hydrogen) atoms. The maximum atomic E-state index is 5.72. The number of anilines is 1. The van der Waals surface area contributed by atoms with Crippen LogP contribution in [-0.2, 0) is 6.42 Å². The van der Waals surface area contributed by atoms with E-state index in [0.717, 1.165) is 53.6 Å². The number of fused-ring (bicyclic) bond motifs is 1. The predicted octanol–water partition coefficient (Wildman–Crippen LogP) is 3.30. The standard InChI is InChI=1S/C18H24N4O3.HI/c1-12-15(13(2)25-22-12)7-8-20-18(19-3)21-14-5-6-16-17(11-14)24-10-4-9-23-16;/h5-6,11H,4,7-10H2,1-3H3,(H2,19,20,21);1H. The number of benzene rings is 1. The zero-order valence-electron chi connectivity index (χ0n) is 15.3. The number of nitrogens with one attached hydrogen (secondary N) is 2. The van der Waals surface area contributed by atoms with Crippen molar-refractivity contribution in [2.75, 3.05) is 32.1 Å². The van der Waals surface area contributed by atoms with Gasteiger partial charge in [0.25, 0.3) is 0 Å². The van der Waals surface area contributed by atoms with Crippen molar-refractivity contribution in [3.63, 3.8) is 0 Å². The molecule has 0 saturated carbocycles. The number of hydrogen-bond acceptors (Lipinski definition) is 5. The van der Waals surface area contributed by atoms with E-state index in [9.17, 15) is 0 Å². The van der Waals surface area contributed by atoms with Gasteiger partial charge in [0.15, 0.2) is 17.5 Å². The van der Waals surface area contributed by atoms with Crippen molar-refractivity contribution in [2.24, 2.45) is 4.99 Å². The highest BCUT2D eigenvalue weighted by Gasteiger charge is 2.12. The fourth-order valence-corrected chi connectivity index (χ4v) is 2.72. The first-order chi connectivity index (χ1) is 12.2. The lowest BCUT2D eigenvalue weighted by Crippen LogP contribution is -2.32. The number of halogens is 1. The summed E-state index contributed by atoms with van der Waals surface area (Å²) in [6, 6.07) is 5.80. The smallest absolute Gasteiger partial charge is 0.195 e. The van der Waals surface area contributed by atoms with Crippen molar-refractivity contribution in [3.8, 4) is 11.5 Å². The van der Waals surface area contributed by atoms with Gasteiger partial charge in [0.1, 0.15) is 5.76 Å². The average molecular weight is 472 g/mol. The minimum absolute atomic E-state index is 0. The highest BCUT2D eigenvalue weighted by Crippen LogP contribution is 2.32. The zero-order valence-corrected chi connectivity index (χ0v) is 17.6. The predicted molar refractivity (Wildman–Crippen MR) is 112 cm³/mol. The molecule has 2 heterocycles. The third kappa shape index (κ3) is 5.03. The van der Waals surface area contributed by atoms with Gasteiger partial charge in [-0.1, -0.05) is 5.16 Å².